The highest BCUT2D eigenvalue weighted by molar-refractivity contribution is 9.10. The number of benzene rings is 4. The number of sulfonamides is 1. The number of methoxy groups -OCH3 is 1. The molecule has 0 fully saturated rings. The van der Waals surface area contributed by atoms with E-state index in [1.165, 1.54) is 24.1 Å². The first kappa shape index (κ1) is 33.7. The van der Waals surface area contributed by atoms with Gasteiger partial charge >= 0.3 is 0 Å². The molecule has 0 aromatic heterocycles. The third-order valence-corrected chi connectivity index (χ3v) is 9.42. The SMILES string of the molecule is COc1ccc(C)cc1N(CC(=O)N(Cc1cccc(Br)c1)C(Cc1ccccc1)C(=O)NC(C)C)S(=O)(=O)c1ccccc1. The van der Waals surface area contributed by atoms with Crippen molar-refractivity contribution >= 4 is 43.5 Å². The number of nitrogens with zero attached hydrogens (tertiary/aromatic N) is 2. The van der Waals surface area contributed by atoms with Gasteiger partial charge in [0.05, 0.1) is 17.7 Å². The summed E-state index contributed by atoms with van der Waals surface area (Å²) < 4.78 is 35.9. The van der Waals surface area contributed by atoms with Gasteiger partial charge in [-0.15, -0.1) is 0 Å². The molecule has 1 atom stereocenters. The maximum Gasteiger partial charge on any atom is 0.264 e. The molecule has 0 radical (unpaired) electrons. The van der Waals surface area contributed by atoms with Crippen molar-refractivity contribution in [3.05, 3.63) is 124 Å². The maximum atomic E-state index is 14.6. The lowest BCUT2D eigenvalue weighted by Gasteiger charge is -2.34. The lowest BCUT2D eigenvalue weighted by atomic mass is 10.0. The minimum absolute atomic E-state index is 0.0262. The average Bonchev–Trinajstić information content (AvgIpc) is 3.02. The molecule has 0 spiro atoms. The summed E-state index contributed by atoms with van der Waals surface area (Å²) in [6.07, 6.45) is 0.234. The number of hydrogen-bond donors (Lipinski definition) is 1. The van der Waals surface area contributed by atoms with E-state index in [-0.39, 0.29) is 35.5 Å². The third-order valence-electron chi connectivity index (χ3n) is 7.16. The van der Waals surface area contributed by atoms with E-state index in [4.69, 9.17) is 4.74 Å². The Morgan fingerprint density at radius 3 is 2.13 bits per heavy atom. The van der Waals surface area contributed by atoms with E-state index in [2.05, 4.69) is 21.2 Å². The van der Waals surface area contributed by atoms with Crippen LogP contribution in [-0.4, -0.2) is 50.9 Å². The van der Waals surface area contributed by atoms with Crippen molar-refractivity contribution in [2.24, 2.45) is 0 Å². The second-order valence-corrected chi connectivity index (χ2v) is 13.8. The molecule has 2 amide bonds. The molecular formula is C35H38BrN3O5S. The molecule has 4 rings (SSSR count). The fourth-order valence-corrected chi connectivity index (χ4v) is 6.88. The van der Waals surface area contributed by atoms with E-state index >= 15 is 0 Å². The molecule has 0 aliphatic rings. The van der Waals surface area contributed by atoms with Gasteiger partial charge in [-0.2, -0.15) is 0 Å². The van der Waals surface area contributed by atoms with Crippen LogP contribution < -0.4 is 14.4 Å². The van der Waals surface area contributed by atoms with Crippen LogP contribution in [0.2, 0.25) is 0 Å². The van der Waals surface area contributed by atoms with Gasteiger partial charge in [0.25, 0.3) is 10.0 Å². The van der Waals surface area contributed by atoms with Crippen LogP contribution in [-0.2, 0) is 32.6 Å². The lowest BCUT2D eigenvalue weighted by molar-refractivity contribution is -0.140. The maximum absolute atomic E-state index is 14.6. The van der Waals surface area contributed by atoms with Crippen LogP contribution in [0.3, 0.4) is 0 Å². The van der Waals surface area contributed by atoms with Crippen molar-refractivity contribution in [2.45, 2.75) is 50.7 Å². The van der Waals surface area contributed by atoms with Crippen LogP contribution in [0, 0.1) is 6.92 Å². The summed E-state index contributed by atoms with van der Waals surface area (Å²) in [4.78, 5) is 29.9. The van der Waals surface area contributed by atoms with Crippen LogP contribution >= 0.6 is 15.9 Å². The van der Waals surface area contributed by atoms with Crippen LogP contribution in [0.15, 0.2) is 112 Å². The first-order chi connectivity index (χ1) is 21.5. The van der Waals surface area contributed by atoms with Gasteiger partial charge in [0, 0.05) is 23.5 Å². The average molecular weight is 693 g/mol. The molecule has 0 saturated heterocycles. The largest absolute Gasteiger partial charge is 0.495 e. The highest BCUT2D eigenvalue weighted by atomic mass is 79.9. The van der Waals surface area contributed by atoms with Crippen LogP contribution in [0.5, 0.6) is 5.75 Å². The highest BCUT2D eigenvalue weighted by Gasteiger charge is 2.35. The summed E-state index contributed by atoms with van der Waals surface area (Å²) in [6.45, 7) is 5.06. The Hall–Kier alpha value is -4.15. The summed E-state index contributed by atoms with van der Waals surface area (Å²) in [6, 6.07) is 29.0. The summed E-state index contributed by atoms with van der Waals surface area (Å²) in [5, 5.41) is 2.97. The Bertz CT molecular complexity index is 1720. The van der Waals surface area contributed by atoms with Gasteiger partial charge < -0.3 is 15.0 Å². The number of nitrogens with one attached hydrogen (secondary N) is 1. The second-order valence-electron chi connectivity index (χ2n) is 11.0. The normalized spacial score (nSPS) is 12.0. The van der Waals surface area contributed by atoms with Crippen LogP contribution in [0.25, 0.3) is 0 Å². The number of hydrogen-bond acceptors (Lipinski definition) is 5. The summed E-state index contributed by atoms with van der Waals surface area (Å²) in [7, 11) is -2.78. The number of amides is 2. The number of anilines is 1. The first-order valence-corrected chi connectivity index (χ1v) is 16.8. The minimum Gasteiger partial charge on any atom is -0.495 e. The van der Waals surface area contributed by atoms with Crippen molar-refractivity contribution in [2.75, 3.05) is 18.0 Å². The van der Waals surface area contributed by atoms with Crippen molar-refractivity contribution in [1.82, 2.24) is 10.2 Å². The van der Waals surface area contributed by atoms with Gasteiger partial charge in [0.15, 0.2) is 0 Å². The Balaban J connectivity index is 1.85. The molecule has 45 heavy (non-hydrogen) atoms. The van der Waals surface area contributed by atoms with E-state index in [0.717, 1.165) is 25.5 Å². The molecule has 0 bridgehead atoms. The monoisotopic (exact) mass is 691 g/mol. The van der Waals surface area contributed by atoms with Gasteiger partial charge in [0.1, 0.15) is 18.3 Å². The van der Waals surface area contributed by atoms with Crippen molar-refractivity contribution < 1.29 is 22.7 Å². The standard InChI is InChI=1S/C35H38BrN3O5S/c1-25(2)37-35(41)32(22-27-12-7-5-8-13-27)38(23-28-14-11-15-29(36)21-28)34(40)24-39(31-20-26(3)18-19-33(31)44-4)45(42,43)30-16-9-6-10-17-30/h5-21,25,32H,22-24H2,1-4H3,(H,37,41). The number of carbonyl (C=O) groups is 2. The molecular weight excluding hydrogens is 654 g/mol. The second kappa shape index (κ2) is 15.2. The molecule has 236 valence electrons. The number of carbonyl (C=O) groups excluding carboxylic acids is 2. The van der Waals surface area contributed by atoms with E-state index in [1.54, 1.807) is 30.3 Å². The van der Waals surface area contributed by atoms with Crippen LogP contribution in [0.1, 0.15) is 30.5 Å². The zero-order chi connectivity index (χ0) is 32.6. The molecule has 1 N–H and O–H groups in total. The zero-order valence-electron chi connectivity index (χ0n) is 25.8. The van der Waals surface area contributed by atoms with Gasteiger partial charge in [0.2, 0.25) is 11.8 Å². The molecule has 10 heteroatoms. The molecule has 0 saturated carbocycles. The molecule has 0 aliphatic heterocycles. The van der Waals surface area contributed by atoms with E-state index in [0.29, 0.717) is 5.75 Å². The Morgan fingerprint density at radius 2 is 1.51 bits per heavy atom. The lowest BCUT2D eigenvalue weighted by Crippen LogP contribution is -2.54. The van der Waals surface area contributed by atoms with Crippen LogP contribution in [0.4, 0.5) is 5.69 Å². The van der Waals surface area contributed by atoms with Gasteiger partial charge in [-0.1, -0.05) is 82.7 Å². The first-order valence-electron chi connectivity index (χ1n) is 14.6. The topological polar surface area (TPSA) is 96.0 Å². The number of aryl methyl sites for hydroxylation is 1. The summed E-state index contributed by atoms with van der Waals surface area (Å²) >= 11 is 3.50. The number of ether oxygens (including phenoxy) is 1. The van der Waals surface area contributed by atoms with E-state index in [9.17, 15) is 18.0 Å². The smallest absolute Gasteiger partial charge is 0.264 e. The van der Waals surface area contributed by atoms with Crippen molar-refractivity contribution in [3.63, 3.8) is 0 Å². The number of rotatable bonds is 13. The predicted molar refractivity (Wildman–Crippen MR) is 181 cm³/mol. The molecule has 0 aliphatic carbocycles. The predicted octanol–water partition coefficient (Wildman–Crippen LogP) is 6.13. The van der Waals surface area contributed by atoms with Gasteiger partial charge in [-0.25, -0.2) is 8.42 Å². The molecule has 8 nitrogen and oxygen atoms in total. The van der Waals surface area contributed by atoms with Crippen molar-refractivity contribution in [3.8, 4) is 5.75 Å². The van der Waals surface area contributed by atoms with Gasteiger partial charge in [-0.3, -0.25) is 13.9 Å². The summed E-state index contributed by atoms with van der Waals surface area (Å²) in [5.74, 6) is -0.578. The fraction of sp³-hybridized carbons (Fsp3) is 0.257. The number of halogens is 1. The molecule has 1 unspecified atom stereocenters. The highest BCUT2D eigenvalue weighted by Crippen LogP contribution is 2.34. The zero-order valence-corrected chi connectivity index (χ0v) is 28.2. The third kappa shape index (κ3) is 8.73. The Kier molecular flexibility index (Phi) is 11.4. The quantitative estimate of drug-likeness (QED) is 0.182. The minimum atomic E-state index is -4.24. The fourth-order valence-electron chi connectivity index (χ4n) is 4.99. The van der Waals surface area contributed by atoms with E-state index in [1.807, 2.05) is 81.4 Å². The molecule has 0 heterocycles. The Labute approximate surface area is 274 Å². The van der Waals surface area contributed by atoms with E-state index < -0.39 is 28.5 Å². The molecule has 4 aromatic carbocycles. The molecule has 4 aromatic rings. The van der Waals surface area contributed by atoms with Crippen molar-refractivity contribution in [1.29, 1.82) is 0 Å². The Morgan fingerprint density at radius 1 is 0.867 bits per heavy atom. The van der Waals surface area contributed by atoms with Gasteiger partial charge in [-0.05, 0) is 73.9 Å². The summed E-state index contributed by atoms with van der Waals surface area (Å²) in [5.41, 5.74) is 2.65.